The summed E-state index contributed by atoms with van der Waals surface area (Å²) < 4.78 is 28.6. The van der Waals surface area contributed by atoms with Gasteiger partial charge in [-0.2, -0.15) is 0 Å². The normalized spacial score (nSPS) is 12.4. The van der Waals surface area contributed by atoms with E-state index in [4.69, 9.17) is 4.74 Å². The fraction of sp³-hybridized carbons (Fsp3) is 0.538. The lowest BCUT2D eigenvalue weighted by atomic mass is 10.1. The van der Waals surface area contributed by atoms with Crippen LogP contribution in [0.5, 0.6) is 0 Å². The van der Waals surface area contributed by atoms with Crippen LogP contribution in [-0.4, -0.2) is 33.4 Å². The van der Waals surface area contributed by atoms with Crippen LogP contribution in [0.15, 0.2) is 29.2 Å². The molecule has 1 N–H and O–H groups in total. The number of nitrogens with one attached hydrogen (secondary N) is 1. The van der Waals surface area contributed by atoms with E-state index < -0.39 is 9.84 Å². The summed E-state index contributed by atoms with van der Waals surface area (Å²) in [4.78, 5) is 0.363. The van der Waals surface area contributed by atoms with Gasteiger partial charge < -0.3 is 10.1 Å². The molecule has 1 rings (SSSR count). The van der Waals surface area contributed by atoms with Gasteiger partial charge in [-0.1, -0.05) is 6.92 Å². The monoisotopic (exact) mass is 271 g/mol. The fourth-order valence-electron chi connectivity index (χ4n) is 1.33. The Labute approximate surface area is 109 Å². The molecule has 0 aromatic heterocycles. The molecule has 0 fully saturated rings. The van der Waals surface area contributed by atoms with Crippen molar-refractivity contribution in [3.8, 4) is 0 Å². The number of anilines is 1. The molecule has 0 spiro atoms. The smallest absolute Gasteiger partial charge is 0.178 e. The first kappa shape index (κ1) is 15.0. The summed E-state index contributed by atoms with van der Waals surface area (Å²) in [7, 11) is -1.45. The van der Waals surface area contributed by atoms with E-state index in [9.17, 15) is 8.42 Å². The van der Waals surface area contributed by atoms with E-state index in [2.05, 4.69) is 5.32 Å². The molecule has 0 atom stereocenters. The molecule has 5 heteroatoms. The van der Waals surface area contributed by atoms with Gasteiger partial charge in [-0.15, -0.1) is 0 Å². The lowest BCUT2D eigenvalue weighted by Crippen LogP contribution is -2.32. The van der Waals surface area contributed by atoms with Crippen LogP contribution in [0.3, 0.4) is 0 Å². The van der Waals surface area contributed by atoms with Crippen LogP contribution in [-0.2, 0) is 14.6 Å². The molecule has 1 aromatic rings. The minimum absolute atomic E-state index is 0.122. The maximum Gasteiger partial charge on any atom is 0.178 e. The van der Waals surface area contributed by atoms with Crippen LogP contribution < -0.4 is 5.32 Å². The number of methoxy groups -OCH3 is 1. The molecule has 0 saturated carbocycles. The number of rotatable bonds is 6. The van der Waals surface area contributed by atoms with Gasteiger partial charge in [-0.3, -0.25) is 0 Å². The molecule has 1 aromatic carbocycles. The van der Waals surface area contributed by atoms with Crippen molar-refractivity contribution in [2.75, 3.05) is 24.7 Å². The predicted molar refractivity (Wildman–Crippen MR) is 73.7 cm³/mol. The number of sulfone groups is 1. The molecule has 18 heavy (non-hydrogen) atoms. The molecule has 0 unspecified atom stereocenters. The standard InChI is InChI=1S/C13H21NO3S/c1-5-18(15,16)12-8-6-11(7-9-12)14-10-13(2,3)17-4/h6-9,14H,5,10H2,1-4H3. The summed E-state index contributed by atoms with van der Waals surface area (Å²) in [6.45, 7) is 6.26. The highest BCUT2D eigenvalue weighted by molar-refractivity contribution is 7.91. The van der Waals surface area contributed by atoms with E-state index in [0.717, 1.165) is 5.69 Å². The van der Waals surface area contributed by atoms with Gasteiger partial charge in [0, 0.05) is 19.3 Å². The van der Waals surface area contributed by atoms with Crippen molar-refractivity contribution < 1.29 is 13.2 Å². The van der Waals surface area contributed by atoms with Crippen molar-refractivity contribution in [3.63, 3.8) is 0 Å². The Morgan fingerprint density at radius 1 is 1.22 bits per heavy atom. The molecule has 0 radical (unpaired) electrons. The number of benzene rings is 1. The second kappa shape index (κ2) is 5.71. The summed E-state index contributed by atoms with van der Waals surface area (Å²) >= 11 is 0. The predicted octanol–water partition coefficient (Wildman–Crippen LogP) is 2.32. The van der Waals surface area contributed by atoms with Crippen LogP contribution >= 0.6 is 0 Å². The molecule has 4 nitrogen and oxygen atoms in total. The van der Waals surface area contributed by atoms with Crippen molar-refractivity contribution in [1.82, 2.24) is 0 Å². The maximum atomic E-state index is 11.6. The number of hydrogen-bond donors (Lipinski definition) is 1. The quantitative estimate of drug-likeness (QED) is 0.862. The molecular formula is C13H21NO3S. The highest BCUT2D eigenvalue weighted by Crippen LogP contribution is 2.16. The topological polar surface area (TPSA) is 55.4 Å². The summed E-state index contributed by atoms with van der Waals surface area (Å²) in [5.74, 6) is 0.122. The highest BCUT2D eigenvalue weighted by atomic mass is 32.2. The first-order chi connectivity index (χ1) is 8.30. The van der Waals surface area contributed by atoms with Gasteiger partial charge >= 0.3 is 0 Å². The molecule has 0 aliphatic rings. The van der Waals surface area contributed by atoms with Gasteiger partial charge in [0.15, 0.2) is 9.84 Å². The third-order valence-electron chi connectivity index (χ3n) is 2.86. The van der Waals surface area contributed by atoms with Crippen LogP contribution in [0.4, 0.5) is 5.69 Å². The second-order valence-corrected chi connectivity index (χ2v) is 7.02. The molecule has 102 valence electrons. The third kappa shape index (κ3) is 3.99. The average molecular weight is 271 g/mol. The Kier molecular flexibility index (Phi) is 4.76. The van der Waals surface area contributed by atoms with Crippen molar-refractivity contribution in [3.05, 3.63) is 24.3 Å². The second-order valence-electron chi connectivity index (χ2n) is 4.75. The van der Waals surface area contributed by atoms with Crippen LogP contribution in [0.25, 0.3) is 0 Å². The molecule has 0 amide bonds. The van der Waals surface area contributed by atoms with Gasteiger partial charge in [0.05, 0.1) is 16.2 Å². The Morgan fingerprint density at radius 3 is 2.22 bits per heavy atom. The number of hydrogen-bond acceptors (Lipinski definition) is 4. The molecule has 0 bridgehead atoms. The minimum Gasteiger partial charge on any atom is -0.382 e. The Morgan fingerprint density at radius 2 is 1.78 bits per heavy atom. The van der Waals surface area contributed by atoms with E-state index in [1.807, 2.05) is 13.8 Å². The minimum atomic E-state index is -3.12. The van der Waals surface area contributed by atoms with E-state index in [1.165, 1.54) is 0 Å². The molecule has 0 aliphatic heterocycles. The van der Waals surface area contributed by atoms with Gasteiger partial charge in [0.2, 0.25) is 0 Å². The van der Waals surface area contributed by atoms with Gasteiger partial charge in [-0.05, 0) is 38.1 Å². The van der Waals surface area contributed by atoms with Crippen molar-refractivity contribution in [2.24, 2.45) is 0 Å². The fourth-order valence-corrected chi connectivity index (χ4v) is 2.22. The van der Waals surface area contributed by atoms with Crippen molar-refractivity contribution in [2.45, 2.75) is 31.3 Å². The zero-order valence-electron chi connectivity index (χ0n) is 11.4. The Bertz CT molecular complexity index is 477. The van der Waals surface area contributed by atoms with E-state index >= 15 is 0 Å². The zero-order valence-corrected chi connectivity index (χ0v) is 12.2. The largest absolute Gasteiger partial charge is 0.382 e. The lowest BCUT2D eigenvalue weighted by molar-refractivity contribution is 0.0344. The maximum absolute atomic E-state index is 11.6. The Balaban J connectivity index is 2.73. The van der Waals surface area contributed by atoms with Gasteiger partial charge in [-0.25, -0.2) is 8.42 Å². The van der Waals surface area contributed by atoms with E-state index in [1.54, 1.807) is 38.3 Å². The summed E-state index contributed by atoms with van der Waals surface area (Å²) in [6.07, 6.45) is 0. The van der Waals surface area contributed by atoms with Crippen molar-refractivity contribution in [1.29, 1.82) is 0 Å². The lowest BCUT2D eigenvalue weighted by Gasteiger charge is -2.23. The summed E-state index contributed by atoms with van der Waals surface area (Å²) in [5.41, 5.74) is 0.629. The molecular weight excluding hydrogens is 250 g/mol. The van der Waals surface area contributed by atoms with Crippen LogP contribution in [0.2, 0.25) is 0 Å². The van der Waals surface area contributed by atoms with Crippen LogP contribution in [0.1, 0.15) is 20.8 Å². The van der Waals surface area contributed by atoms with E-state index in [-0.39, 0.29) is 11.4 Å². The van der Waals surface area contributed by atoms with Gasteiger partial charge in [0.25, 0.3) is 0 Å². The SMILES string of the molecule is CCS(=O)(=O)c1ccc(NCC(C)(C)OC)cc1. The first-order valence-electron chi connectivity index (χ1n) is 5.92. The average Bonchev–Trinajstić information content (AvgIpc) is 2.37. The van der Waals surface area contributed by atoms with E-state index in [0.29, 0.717) is 11.4 Å². The summed E-state index contributed by atoms with van der Waals surface area (Å²) in [6, 6.07) is 6.80. The first-order valence-corrected chi connectivity index (χ1v) is 7.58. The van der Waals surface area contributed by atoms with Crippen LogP contribution in [0, 0.1) is 0 Å². The number of ether oxygens (including phenoxy) is 1. The highest BCUT2D eigenvalue weighted by Gasteiger charge is 2.16. The van der Waals surface area contributed by atoms with Gasteiger partial charge in [0.1, 0.15) is 0 Å². The zero-order chi connectivity index (χ0) is 13.8. The molecule has 0 aliphatic carbocycles. The Hall–Kier alpha value is -1.07. The third-order valence-corrected chi connectivity index (χ3v) is 4.61. The molecule has 0 heterocycles. The summed E-state index contributed by atoms with van der Waals surface area (Å²) in [5, 5.41) is 3.21. The molecule has 0 saturated heterocycles. The van der Waals surface area contributed by atoms with Crippen molar-refractivity contribution >= 4 is 15.5 Å².